The summed E-state index contributed by atoms with van der Waals surface area (Å²) < 4.78 is 7.04. The fraction of sp³-hybridized carbons (Fsp3) is 0. The summed E-state index contributed by atoms with van der Waals surface area (Å²) in [6.07, 6.45) is 0. The van der Waals surface area contributed by atoms with E-state index in [4.69, 9.17) is 0 Å². The Balaban J connectivity index is 1.39. The number of aromatic nitrogens is 2. The van der Waals surface area contributed by atoms with Gasteiger partial charge in [0.2, 0.25) is 0 Å². The zero-order chi connectivity index (χ0) is 28.7. The van der Waals surface area contributed by atoms with Crippen LogP contribution < -0.4 is 0 Å². The molecular formula is C38H20N4S. The van der Waals surface area contributed by atoms with Gasteiger partial charge in [0.15, 0.2) is 0 Å². The Morgan fingerprint density at radius 2 is 1.00 bits per heavy atom. The van der Waals surface area contributed by atoms with Gasteiger partial charge >= 0.3 is 0 Å². The number of thiophene rings is 1. The molecule has 6 aromatic carbocycles. The van der Waals surface area contributed by atoms with Gasteiger partial charge in [-0.15, -0.1) is 11.3 Å². The second kappa shape index (κ2) is 8.81. The Bertz CT molecular complexity index is 2710. The number of rotatable bonds is 2. The van der Waals surface area contributed by atoms with Gasteiger partial charge in [-0.25, -0.2) is 0 Å². The molecule has 5 heteroatoms. The molecule has 0 aliphatic heterocycles. The number of para-hydroxylation sites is 2. The summed E-state index contributed by atoms with van der Waals surface area (Å²) in [5.74, 6) is 0. The van der Waals surface area contributed by atoms with Crippen molar-refractivity contribution in [2.45, 2.75) is 0 Å². The number of nitrogens with zero attached hydrogens (tertiary/aromatic N) is 4. The van der Waals surface area contributed by atoms with E-state index in [1.165, 1.54) is 30.9 Å². The molecule has 4 nitrogen and oxygen atoms in total. The molecule has 0 saturated heterocycles. The summed E-state index contributed by atoms with van der Waals surface area (Å²) in [5, 5.41) is 26.8. The summed E-state index contributed by atoms with van der Waals surface area (Å²) in [5.41, 5.74) is 7.27. The predicted molar refractivity (Wildman–Crippen MR) is 177 cm³/mol. The van der Waals surface area contributed by atoms with Crippen LogP contribution in [0.1, 0.15) is 11.1 Å². The molecular weight excluding hydrogens is 545 g/mol. The van der Waals surface area contributed by atoms with Crippen molar-refractivity contribution in [1.29, 1.82) is 10.5 Å². The fourth-order valence-corrected chi connectivity index (χ4v) is 7.83. The van der Waals surface area contributed by atoms with Crippen LogP contribution in [0.2, 0.25) is 0 Å². The van der Waals surface area contributed by atoms with E-state index >= 15 is 0 Å². The summed E-state index contributed by atoms with van der Waals surface area (Å²) in [7, 11) is 0. The van der Waals surface area contributed by atoms with Gasteiger partial charge in [0.05, 0.1) is 45.3 Å². The van der Waals surface area contributed by atoms with Crippen LogP contribution in [0.5, 0.6) is 0 Å². The standard InChI is InChI=1S/C38H20N4S/c39-21-23-13-14-35-30(17-23)27-7-1-4-10-33(27)41(35)25-15-24(22-40)16-26(18-25)42-34-11-5-2-8-28(34)31-20-38-32(19-36(31)42)29-9-3-6-12-37(29)43-38/h1-20H. The van der Waals surface area contributed by atoms with E-state index in [-0.39, 0.29) is 0 Å². The topological polar surface area (TPSA) is 57.4 Å². The van der Waals surface area contributed by atoms with E-state index in [2.05, 4.69) is 100 Å². The monoisotopic (exact) mass is 564 g/mol. The molecule has 0 radical (unpaired) electrons. The highest BCUT2D eigenvalue weighted by Gasteiger charge is 2.18. The third-order valence-electron chi connectivity index (χ3n) is 8.52. The smallest absolute Gasteiger partial charge is 0.0993 e. The lowest BCUT2D eigenvalue weighted by atomic mass is 10.1. The molecule has 9 rings (SSSR count). The zero-order valence-corrected chi connectivity index (χ0v) is 23.6. The van der Waals surface area contributed by atoms with Crippen LogP contribution >= 0.6 is 11.3 Å². The summed E-state index contributed by atoms with van der Waals surface area (Å²) in [4.78, 5) is 0. The number of nitriles is 2. The van der Waals surface area contributed by atoms with E-state index < -0.39 is 0 Å². The molecule has 0 aliphatic rings. The highest BCUT2D eigenvalue weighted by atomic mass is 32.1. The van der Waals surface area contributed by atoms with Crippen LogP contribution in [0.15, 0.2) is 121 Å². The SMILES string of the molecule is N#Cc1cc(-n2c3ccccc3c3cc(C#N)ccc32)cc(-n2c3ccccc3c3cc4sc5ccccc5c4cc32)c1. The quantitative estimate of drug-likeness (QED) is 0.210. The second-order valence-electron chi connectivity index (χ2n) is 10.9. The minimum Gasteiger partial charge on any atom is -0.309 e. The molecule has 0 amide bonds. The van der Waals surface area contributed by atoms with Gasteiger partial charge in [0.25, 0.3) is 0 Å². The van der Waals surface area contributed by atoms with Gasteiger partial charge in [0.1, 0.15) is 0 Å². The molecule has 0 N–H and O–H groups in total. The number of hydrogen-bond donors (Lipinski definition) is 0. The molecule has 0 atom stereocenters. The molecule has 43 heavy (non-hydrogen) atoms. The molecule has 198 valence electrons. The van der Waals surface area contributed by atoms with E-state index in [1.54, 1.807) is 0 Å². The van der Waals surface area contributed by atoms with Crippen molar-refractivity contribution in [1.82, 2.24) is 9.13 Å². The molecule has 0 aliphatic carbocycles. The Morgan fingerprint density at radius 1 is 0.419 bits per heavy atom. The first-order valence-electron chi connectivity index (χ1n) is 14.1. The molecule has 9 aromatic rings. The van der Waals surface area contributed by atoms with Crippen molar-refractivity contribution in [3.8, 4) is 23.5 Å². The molecule has 0 saturated carbocycles. The largest absolute Gasteiger partial charge is 0.309 e. The minimum atomic E-state index is 0.583. The average molecular weight is 565 g/mol. The maximum absolute atomic E-state index is 10.2. The van der Waals surface area contributed by atoms with Crippen molar-refractivity contribution >= 4 is 75.1 Å². The van der Waals surface area contributed by atoms with E-state index in [1.807, 2.05) is 53.8 Å². The third kappa shape index (κ3) is 3.35. The summed E-state index contributed by atoms with van der Waals surface area (Å²) in [6, 6.07) is 46.6. The van der Waals surface area contributed by atoms with Crippen molar-refractivity contribution < 1.29 is 0 Å². The first-order valence-corrected chi connectivity index (χ1v) is 14.9. The second-order valence-corrected chi connectivity index (χ2v) is 11.9. The number of benzene rings is 6. The summed E-state index contributed by atoms with van der Waals surface area (Å²) >= 11 is 1.83. The lowest BCUT2D eigenvalue weighted by Gasteiger charge is -2.14. The molecule has 0 spiro atoms. The van der Waals surface area contributed by atoms with Crippen molar-refractivity contribution in [2.75, 3.05) is 0 Å². The zero-order valence-electron chi connectivity index (χ0n) is 22.7. The first-order chi connectivity index (χ1) is 21.2. The van der Waals surface area contributed by atoms with Crippen LogP contribution in [0.25, 0.3) is 75.2 Å². The predicted octanol–water partition coefficient (Wildman–Crippen LogP) is 9.99. The van der Waals surface area contributed by atoms with Crippen LogP contribution in [-0.2, 0) is 0 Å². The fourth-order valence-electron chi connectivity index (χ4n) is 6.70. The maximum Gasteiger partial charge on any atom is 0.0993 e. The van der Waals surface area contributed by atoms with Gasteiger partial charge in [-0.3, -0.25) is 0 Å². The average Bonchev–Trinajstić information content (AvgIpc) is 3.70. The van der Waals surface area contributed by atoms with Crippen molar-refractivity contribution in [2.24, 2.45) is 0 Å². The molecule has 0 unspecified atom stereocenters. The molecule has 0 bridgehead atoms. The number of hydrogen-bond acceptors (Lipinski definition) is 3. The Kier molecular flexibility index (Phi) is 4.87. The summed E-state index contributed by atoms with van der Waals surface area (Å²) in [6.45, 7) is 0. The van der Waals surface area contributed by atoms with E-state index in [0.29, 0.717) is 11.1 Å². The molecule has 3 heterocycles. The van der Waals surface area contributed by atoms with Crippen LogP contribution in [0.4, 0.5) is 0 Å². The highest BCUT2D eigenvalue weighted by molar-refractivity contribution is 7.25. The Morgan fingerprint density at radius 3 is 1.70 bits per heavy atom. The van der Waals surface area contributed by atoms with Crippen molar-refractivity contribution in [3.63, 3.8) is 0 Å². The molecule has 3 aromatic heterocycles. The molecule has 0 fully saturated rings. The first kappa shape index (κ1) is 23.8. The van der Waals surface area contributed by atoms with Gasteiger partial charge in [-0.2, -0.15) is 10.5 Å². The van der Waals surface area contributed by atoms with Crippen LogP contribution in [-0.4, -0.2) is 9.13 Å². The van der Waals surface area contributed by atoms with E-state index in [9.17, 15) is 10.5 Å². The Hall–Kier alpha value is -5.88. The van der Waals surface area contributed by atoms with Crippen molar-refractivity contribution in [3.05, 3.63) is 132 Å². The lowest BCUT2D eigenvalue weighted by molar-refractivity contribution is 1.13. The van der Waals surface area contributed by atoms with Gasteiger partial charge in [0, 0.05) is 53.1 Å². The van der Waals surface area contributed by atoms with Gasteiger partial charge < -0.3 is 9.13 Å². The maximum atomic E-state index is 10.2. The normalized spacial score (nSPS) is 11.7. The number of fused-ring (bicyclic) bond motifs is 9. The minimum absolute atomic E-state index is 0.583. The van der Waals surface area contributed by atoms with Crippen LogP contribution in [0, 0.1) is 22.7 Å². The van der Waals surface area contributed by atoms with Gasteiger partial charge in [-0.1, -0.05) is 54.6 Å². The highest BCUT2D eigenvalue weighted by Crippen LogP contribution is 2.41. The third-order valence-corrected chi connectivity index (χ3v) is 9.65. The van der Waals surface area contributed by atoms with Gasteiger partial charge in [-0.05, 0) is 66.7 Å². The Labute approximate surface area is 250 Å². The van der Waals surface area contributed by atoms with E-state index in [0.717, 1.165) is 44.2 Å². The lowest BCUT2D eigenvalue weighted by Crippen LogP contribution is -2.00. The van der Waals surface area contributed by atoms with Crippen LogP contribution in [0.3, 0.4) is 0 Å².